The number of nitrogens with zero attached hydrogens (tertiary/aromatic N) is 1. The zero-order valence-corrected chi connectivity index (χ0v) is 11.4. The molecule has 0 spiro atoms. The number of rotatable bonds is 6. The topological polar surface area (TPSA) is 14.1 Å². The Bertz CT molecular complexity index is 437. The highest BCUT2D eigenvalue weighted by Crippen LogP contribution is 2.32. The summed E-state index contributed by atoms with van der Waals surface area (Å²) in [5.41, 5.74) is 3.90. The van der Waals surface area contributed by atoms with E-state index in [4.69, 9.17) is 0 Å². The van der Waals surface area contributed by atoms with Gasteiger partial charge in [0.25, 0.3) is 0 Å². The Morgan fingerprint density at radius 1 is 1.06 bits per heavy atom. The molecular formula is C17H22N. The Morgan fingerprint density at radius 2 is 1.78 bits per heavy atom. The molecule has 95 valence electrons. The van der Waals surface area contributed by atoms with E-state index < -0.39 is 0 Å². The van der Waals surface area contributed by atoms with Gasteiger partial charge in [0, 0.05) is 11.8 Å². The summed E-state index contributed by atoms with van der Waals surface area (Å²) in [4.78, 5) is 0. The average molecular weight is 240 g/mol. The molecule has 18 heavy (non-hydrogen) atoms. The molecule has 1 aromatic rings. The third-order valence-corrected chi connectivity index (χ3v) is 3.50. The van der Waals surface area contributed by atoms with Crippen molar-refractivity contribution in [2.75, 3.05) is 0 Å². The average Bonchev–Trinajstić information content (AvgIpc) is 2.92. The van der Waals surface area contributed by atoms with Gasteiger partial charge < -0.3 is 0 Å². The largest absolute Gasteiger partial charge is 0.256 e. The summed E-state index contributed by atoms with van der Waals surface area (Å²) < 4.78 is 0. The second-order valence-electron chi connectivity index (χ2n) is 4.88. The van der Waals surface area contributed by atoms with E-state index in [1.165, 1.54) is 36.8 Å². The number of benzene rings is 1. The van der Waals surface area contributed by atoms with Gasteiger partial charge in [-0.25, -0.2) is 0 Å². The van der Waals surface area contributed by atoms with Gasteiger partial charge in [0.15, 0.2) is 0 Å². The van der Waals surface area contributed by atoms with Gasteiger partial charge in [-0.2, -0.15) is 0 Å². The molecule has 0 bridgehead atoms. The molecule has 0 aliphatic carbocycles. The van der Waals surface area contributed by atoms with Crippen LogP contribution in [-0.2, 0) is 0 Å². The van der Waals surface area contributed by atoms with E-state index in [0.717, 1.165) is 5.70 Å². The van der Waals surface area contributed by atoms with Crippen LogP contribution in [0.5, 0.6) is 0 Å². The highest BCUT2D eigenvalue weighted by Gasteiger charge is 2.16. The predicted octanol–water partition coefficient (Wildman–Crippen LogP) is 4.84. The Hall–Kier alpha value is -1.50. The van der Waals surface area contributed by atoms with Crippen molar-refractivity contribution < 1.29 is 0 Å². The molecular weight excluding hydrogens is 218 g/mol. The van der Waals surface area contributed by atoms with Gasteiger partial charge >= 0.3 is 0 Å². The SMILES string of the molecule is CCCC(CCC)c1ccccc1C1=CC=C[N]1. The minimum absolute atomic E-state index is 0.674. The molecule has 0 fully saturated rings. The monoisotopic (exact) mass is 240 g/mol. The molecule has 1 heteroatoms. The number of hydrogen-bond donors (Lipinski definition) is 0. The fraction of sp³-hybridized carbons (Fsp3) is 0.412. The zero-order chi connectivity index (χ0) is 12.8. The summed E-state index contributed by atoms with van der Waals surface area (Å²) in [6.45, 7) is 4.54. The molecule has 0 aromatic heterocycles. The Labute approximate surface area is 111 Å². The maximum atomic E-state index is 4.45. The molecule has 1 aliphatic rings. The second kappa shape index (κ2) is 6.44. The van der Waals surface area contributed by atoms with Crippen LogP contribution in [0.2, 0.25) is 0 Å². The van der Waals surface area contributed by atoms with Crippen LogP contribution in [-0.4, -0.2) is 0 Å². The molecule has 0 N–H and O–H groups in total. The van der Waals surface area contributed by atoms with Crippen LogP contribution in [0, 0.1) is 0 Å². The van der Waals surface area contributed by atoms with Crippen LogP contribution in [0.25, 0.3) is 5.70 Å². The number of allylic oxidation sites excluding steroid dienone is 2. The fourth-order valence-electron chi connectivity index (χ4n) is 2.70. The first-order valence-electron chi connectivity index (χ1n) is 7.03. The Kier molecular flexibility index (Phi) is 4.63. The lowest BCUT2D eigenvalue weighted by Gasteiger charge is -2.19. The summed E-state index contributed by atoms with van der Waals surface area (Å²) in [5, 5.41) is 4.45. The van der Waals surface area contributed by atoms with Crippen LogP contribution in [0.15, 0.2) is 42.6 Å². The normalized spacial score (nSPS) is 13.8. The summed E-state index contributed by atoms with van der Waals surface area (Å²) in [6.07, 6.45) is 11.0. The Morgan fingerprint density at radius 3 is 2.39 bits per heavy atom. The first-order chi connectivity index (χ1) is 8.86. The van der Waals surface area contributed by atoms with Crippen molar-refractivity contribution in [1.29, 1.82) is 0 Å². The van der Waals surface area contributed by atoms with Crippen LogP contribution in [0.4, 0.5) is 0 Å². The standard InChI is InChI=1S/C17H22N/c1-3-8-14(9-4-2)15-10-5-6-11-16(15)17-12-7-13-18-17/h5-7,10-14H,3-4,8-9H2,1-2H3. The molecule has 1 aromatic carbocycles. The van der Waals surface area contributed by atoms with E-state index in [0.29, 0.717) is 5.92 Å². The minimum atomic E-state index is 0.674. The van der Waals surface area contributed by atoms with E-state index in [1.807, 2.05) is 12.3 Å². The van der Waals surface area contributed by atoms with E-state index in [-0.39, 0.29) is 0 Å². The highest BCUT2D eigenvalue weighted by atomic mass is 14.9. The van der Waals surface area contributed by atoms with Crippen molar-refractivity contribution in [1.82, 2.24) is 5.32 Å². The first-order valence-corrected chi connectivity index (χ1v) is 7.03. The fourth-order valence-corrected chi connectivity index (χ4v) is 2.70. The molecule has 1 heterocycles. The van der Waals surface area contributed by atoms with Crippen molar-refractivity contribution in [2.45, 2.75) is 45.4 Å². The zero-order valence-electron chi connectivity index (χ0n) is 11.4. The van der Waals surface area contributed by atoms with Crippen molar-refractivity contribution in [3.05, 3.63) is 53.7 Å². The molecule has 2 rings (SSSR count). The predicted molar refractivity (Wildman–Crippen MR) is 78.3 cm³/mol. The van der Waals surface area contributed by atoms with Crippen molar-refractivity contribution in [3.8, 4) is 0 Å². The third kappa shape index (κ3) is 2.84. The highest BCUT2D eigenvalue weighted by molar-refractivity contribution is 5.71. The quantitative estimate of drug-likeness (QED) is 0.675. The van der Waals surface area contributed by atoms with E-state index in [9.17, 15) is 0 Å². The lowest BCUT2D eigenvalue weighted by molar-refractivity contribution is 0.560. The van der Waals surface area contributed by atoms with Crippen molar-refractivity contribution >= 4 is 5.70 Å². The van der Waals surface area contributed by atoms with Crippen LogP contribution in [0.3, 0.4) is 0 Å². The van der Waals surface area contributed by atoms with Gasteiger partial charge in [-0.1, -0.05) is 51.0 Å². The molecule has 0 unspecified atom stereocenters. The molecule has 1 aliphatic heterocycles. The summed E-state index contributed by atoms with van der Waals surface area (Å²) in [6, 6.07) is 8.75. The van der Waals surface area contributed by atoms with Crippen molar-refractivity contribution in [2.24, 2.45) is 0 Å². The van der Waals surface area contributed by atoms with E-state index in [2.05, 4.69) is 49.5 Å². The molecule has 0 saturated heterocycles. The van der Waals surface area contributed by atoms with Crippen molar-refractivity contribution in [3.63, 3.8) is 0 Å². The lowest BCUT2D eigenvalue weighted by atomic mass is 9.86. The third-order valence-electron chi connectivity index (χ3n) is 3.50. The molecule has 1 nitrogen and oxygen atoms in total. The van der Waals surface area contributed by atoms with Crippen LogP contribution >= 0.6 is 0 Å². The van der Waals surface area contributed by atoms with E-state index >= 15 is 0 Å². The van der Waals surface area contributed by atoms with Gasteiger partial charge in [0.05, 0.1) is 5.70 Å². The molecule has 0 amide bonds. The summed E-state index contributed by atoms with van der Waals surface area (Å²) in [7, 11) is 0. The smallest absolute Gasteiger partial charge is 0.0705 e. The van der Waals surface area contributed by atoms with Gasteiger partial charge in [0.1, 0.15) is 0 Å². The Balaban J connectivity index is 2.30. The second-order valence-corrected chi connectivity index (χ2v) is 4.88. The van der Waals surface area contributed by atoms with Gasteiger partial charge in [-0.05, 0) is 36.5 Å². The first kappa shape index (κ1) is 12.9. The van der Waals surface area contributed by atoms with E-state index in [1.54, 1.807) is 0 Å². The molecule has 0 atom stereocenters. The number of hydrogen-bond acceptors (Lipinski definition) is 0. The maximum Gasteiger partial charge on any atom is 0.0705 e. The van der Waals surface area contributed by atoms with Crippen LogP contribution in [0.1, 0.15) is 56.6 Å². The maximum absolute atomic E-state index is 4.45. The molecule has 0 saturated carbocycles. The van der Waals surface area contributed by atoms with Gasteiger partial charge in [-0.3, -0.25) is 5.32 Å². The summed E-state index contributed by atoms with van der Waals surface area (Å²) >= 11 is 0. The summed E-state index contributed by atoms with van der Waals surface area (Å²) in [5.74, 6) is 0.674. The minimum Gasteiger partial charge on any atom is -0.256 e. The van der Waals surface area contributed by atoms with Gasteiger partial charge in [0.2, 0.25) is 0 Å². The lowest BCUT2D eigenvalue weighted by Crippen LogP contribution is -2.04. The van der Waals surface area contributed by atoms with Crippen LogP contribution < -0.4 is 5.32 Å². The van der Waals surface area contributed by atoms with Gasteiger partial charge in [-0.15, -0.1) is 0 Å². The molecule has 1 radical (unpaired) electrons.